The van der Waals surface area contributed by atoms with Crippen LogP contribution in [0.15, 0.2) is 18.2 Å². The van der Waals surface area contributed by atoms with Gasteiger partial charge in [0, 0.05) is 22.2 Å². The second kappa shape index (κ2) is 7.17. The monoisotopic (exact) mass is 392 g/mol. The Bertz CT molecular complexity index is 547. The highest BCUT2D eigenvalue weighted by atomic mass is 127. The van der Waals surface area contributed by atoms with Gasteiger partial charge in [-0.3, -0.25) is 19.7 Å². The first kappa shape index (κ1) is 16.3. The molecular weight excluding hydrogens is 379 g/mol. The molecule has 1 amide bonds. The van der Waals surface area contributed by atoms with Gasteiger partial charge in [-0.2, -0.15) is 0 Å². The van der Waals surface area contributed by atoms with Crippen molar-refractivity contribution in [1.82, 2.24) is 5.32 Å². The first-order chi connectivity index (χ1) is 9.36. The molecule has 1 rings (SSSR count). The summed E-state index contributed by atoms with van der Waals surface area (Å²) in [5.41, 5.74) is -0.0131. The van der Waals surface area contributed by atoms with Crippen molar-refractivity contribution in [3.63, 3.8) is 0 Å². The number of non-ortho nitro benzene ring substituents is 1. The number of hydrogen-bond acceptors (Lipinski definition) is 4. The minimum absolute atomic E-state index is 0.0105. The highest BCUT2D eigenvalue weighted by Crippen LogP contribution is 2.19. The third kappa shape index (κ3) is 4.15. The van der Waals surface area contributed by atoms with Crippen LogP contribution in [-0.4, -0.2) is 28.5 Å². The Morgan fingerprint density at radius 1 is 1.50 bits per heavy atom. The van der Waals surface area contributed by atoms with Crippen LogP contribution in [0.5, 0.6) is 0 Å². The van der Waals surface area contributed by atoms with Crippen LogP contribution < -0.4 is 5.32 Å². The fourth-order valence-electron chi connectivity index (χ4n) is 1.52. The van der Waals surface area contributed by atoms with E-state index in [2.05, 4.69) is 5.32 Å². The van der Waals surface area contributed by atoms with Crippen LogP contribution in [0.2, 0.25) is 0 Å². The Morgan fingerprint density at radius 3 is 2.65 bits per heavy atom. The minimum atomic E-state index is -0.985. The van der Waals surface area contributed by atoms with Gasteiger partial charge >= 0.3 is 5.97 Å². The Hall–Kier alpha value is -1.71. The molecule has 108 valence electrons. The molecule has 0 heterocycles. The first-order valence-electron chi connectivity index (χ1n) is 5.81. The third-order valence-corrected chi connectivity index (χ3v) is 3.70. The number of carbonyl (C=O) groups is 2. The number of aliphatic carboxylic acids is 1. The zero-order valence-corrected chi connectivity index (χ0v) is 12.8. The molecule has 0 aliphatic carbocycles. The van der Waals surface area contributed by atoms with Gasteiger partial charge in [-0.25, -0.2) is 0 Å². The summed E-state index contributed by atoms with van der Waals surface area (Å²) in [7, 11) is 0. The number of nitrogens with zero attached hydrogens (tertiary/aromatic N) is 1. The zero-order valence-electron chi connectivity index (χ0n) is 10.6. The van der Waals surface area contributed by atoms with Crippen molar-refractivity contribution in [2.75, 3.05) is 6.54 Å². The number of carboxylic acid groups (broad SMARTS) is 1. The fourth-order valence-corrected chi connectivity index (χ4v) is 2.10. The van der Waals surface area contributed by atoms with Crippen LogP contribution in [0, 0.1) is 19.6 Å². The molecule has 0 aliphatic heterocycles. The number of hydrogen-bond donors (Lipinski definition) is 2. The molecule has 1 atom stereocenters. The van der Waals surface area contributed by atoms with Crippen molar-refractivity contribution in [2.24, 2.45) is 5.92 Å². The maximum absolute atomic E-state index is 12.0. The van der Waals surface area contributed by atoms with Crippen LogP contribution in [-0.2, 0) is 4.79 Å². The van der Waals surface area contributed by atoms with E-state index in [-0.39, 0.29) is 17.8 Å². The minimum Gasteiger partial charge on any atom is -0.481 e. The highest BCUT2D eigenvalue weighted by molar-refractivity contribution is 14.1. The van der Waals surface area contributed by atoms with Crippen LogP contribution in [0.3, 0.4) is 0 Å². The molecule has 0 radical (unpaired) electrons. The third-order valence-electron chi connectivity index (χ3n) is 2.76. The van der Waals surface area contributed by atoms with E-state index in [1.54, 1.807) is 6.92 Å². The summed E-state index contributed by atoms with van der Waals surface area (Å²) in [4.78, 5) is 32.9. The second-order valence-electron chi connectivity index (χ2n) is 4.07. The number of carboxylic acids is 1. The van der Waals surface area contributed by atoms with Gasteiger partial charge in [-0.15, -0.1) is 0 Å². The molecule has 7 nitrogen and oxygen atoms in total. The van der Waals surface area contributed by atoms with Crippen molar-refractivity contribution >= 4 is 40.2 Å². The molecule has 0 saturated heterocycles. The maximum Gasteiger partial charge on any atom is 0.308 e. The number of carbonyl (C=O) groups excluding carboxylic acids is 1. The molecule has 0 aliphatic rings. The Labute approximate surface area is 128 Å². The number of nitro groups is 1. The number of halogens is 1. The molecular formula is C12H13IN2O5. The summed E-state index contributed by atoms with van der Waals surface area (Å²) in [5, 5.41) is 22.1. The first-order valence-corrected chi connectivity index (χ1v) is 6.89. The average molecular weight is 392 g/mol. The Kier molecular flexibility index (Phi) is 5.86. The molecule has 0 aromatic heterocycles. The lowest BCUT2D eigenvalue weighted by atomic mass is 10.1. The van der Waals surface area contributed by atoms with Gasteiger partial charge in [0.25, 0.3) is 11.6 Å². The van der Waals surface area contributed by atoms with E-state index in [1.165, 1.54) is 18.2 Å². The van der Waals surface area contributed by atoms with E-state index < -0.39 is 22.7 Å². The molecule has 1 unspecified atom stereocenters. The summed E-state index contributed by atoms with van der Waals surface area (Å²) in [6, 6.07) is 3.96. The molecule has 1 aromatic rings. The van der Waals surface area contributed by atoms with Gasteiger partial charge in [0.1, 0.15) is 0 Å². The lowest BCUT2D eigenvalue weighted by Gasteiger charge is -2.11. The van der Waals surface area contributed by atoms with Crippen LogP contribution in [0.1, 0.15) is 23.7 Å². The van der Waals surface area contributed by atoms with Gasteiger partial charge in [-0.1, -0.05) is 6.92 Å². The van der Waals surface area contributed by atoms with Gasteiger partial charge in [0.15, 0.2) is 0 Å². The van der Waals surface area contributed by atoms with Gasteiger partial charge in [-0.05, 0) is 35.1 Å². The molecule has 2 N–H and O–H groups in total. The molecule has 0 bridgehead atoms. The van der Waals surface area contributed by atoms with Gasteiger partial charge in [0.05, 0.1) is 16.4 Å². The smallest absolute Gasteiger partial charge is 0.308 e. The lowest BCUT2D eigenvalue weighted by Crippen LogP contribution is -2.33. The van der Waals surface area contributed by atoms with E-state index in [9.17, 15) is 19.7 Å². The number of rotatable bonds is 6. The second-order valence-corrected chi connectivity index (χ2v) is 5.24. The number of amides is 1. The van der Waals surface area contributed by atoms with Crippen LogP contribution in [0.25, 0.3) is 0 Å². The van der Waals surface area contributed by atoms with E-state index in [1.807, 2.05) is 22.6 Å². The van der Waals surface area contributed by atoms with E-state index in [4.69, 9.17) is 5.11 Å². The summed E-state index contributed by atoms with van der Waals surface area (Å²) in [6.07, 6.45) is 0.391. The van der Waals surface area contributed by atoms with E-state index >= 15 is 0 Å². The summed E-state index contributed by atoms with van der Waals surface area (Å²) in [5.74, 6) is -2.17. The van der Waals surface area contributed by atoms with Crippen molar-refractivity contribution in [1.29, 1.82) is 0 Å². The largest absolute Gasteiger partial charge is 0.481 e. The van der Waals surface area contributed by atoms with Crippen molar-refractivity contribution in [2.45, 2.75) is 13.3 Å². The number of benzene rings is 1. The average Bonchev–Trinajstić information content (AvgIpc) is 2.38. The summed E-state index contributed by atoms with van der Waals surface area (Å²) in [6.45, 7) is 1.70. The Morgan fingerprint density at radius 2 is 2.15 bits per heavy atom. The molecule has 0 spiro atoms. The highest BCUT2D eigenvalue weighted by Gasteiger charge is 2.19. The maximum atomic E-state index is 12.0. The fraction of sp³-hybridized carbons (Fsp3) is 0.333. The SMILES string of the molecule is CCC(CNC(=O)c1cc([N+](=O)[O-])ccc1I)C(=O)O. The Balaban J connectivity index is 2.84. The predicted molar refractivity (Wildman–Crippen MR) is 79.6 cm³/mol. The summed E-state index contributed by atoms with van der Waals surface area (Å²) >= 11 is 1.90. The van der Waals surface area contributed by atoms with E-state index in [0.29, 0.717) is 9.99 Å². The van der Waals surface area contributed by atoms with Gasteiger partial charge in [0.2, 0.25) is 0 Å². The zero-order chi connectivity index (χ0) is 15.3. The van der Waals surface area contributed by atoms with Crippen molar-refractivity contribution < 1.29 is 19.6 Å². The molecule has 1 aromatic carbocycles. The quantitative estimate of drug-likeness (QED) is 0.438. The predicted octanol–water partition coefficient (Wildman–Crippen LogP) is 2.04. The van der Waals surface area contributed by atoms with Crippen molar-refractivity contribution in [3.05, 3.63) is 37.4 Å². The topological polar surface area (TPSA) is 110 Å². The van der Waals surface area contributed by atoms with Crippen LogP contribution >= 0.6 is 22.6 Å². The standard InChI is InChI=1S/C12H13IN2O5/c1-2-7(12(17)18)6-14-11(16)9-5-8(15(19)20)3-4-10(9)13/h3-5,7H,2,6H2,1H3,(H,14,16)(H,17,18). The number of nitrogens with one attached hydrogen (secondary N) is 1. The van der Waals surface area contributed by atoms with Crippen LogP contribution in [0.4, 0.5) is 5.69 Å². The lowest BCUT2D eigenvalue weighted by molar-refractivity contribution is -0.384. The molecule has 0 saturated carbocycles. The molecule has 0 fully saturated rings. The van der Waals surface area contributed by atoms with Crippen molar-refractivity contribution in [3.8, 4) is 0 Å². The number of nitro benzene ring substituents is 1. The summed E-state index contributed by atoms with van der Waals surface area (Å²) < 4.78 is 0.564. The van der Waals surface area contributed by atoms with E-state index in [0.717, 1.165) is 0 Å². The van der Waals surface area contributed by atoms with Gasteiger partial charge < -0.3 is 10.4 Å². The normalized spacial score (nSPS) is 11.7. The molecule has 20 heavy (non-hydrogen) atoms. The molecule has 8 heteroatoms.